The highest BCUT2D eigenvalue weighted by molar-refractivity contribution is 14.1. The Hall–Kier alpha value is -0.0900. The zero-order valence-electron chi connectivity index (χ0n) is 6.89. The third-order valence-electron chi connectivity index (χ3n) is 2.34. The number of hydrogen-bond acceptors (Lipinski definition) is 1. The lowest BCUT2D eigenvalue weighted by Gasteiger charge is -2.07. The van der Waals surface area contributed by atoms with Crippen LogP contribution in [0, 0.1) is 3.57 Å². The predicted molar refractivity (Wildman–Crippen MR) is 59.0 cm³/mol. The molecule has 0 spiro atoms. The second kappa shape index (κ2) is 3.00. The van der Waals surface area contributed by atoms with Gasteiger partial charge in [-0.15, -0.1) is 0 Å². The SMILES string of the molecule is NC1(Cc2cccc(I)c2)CC1. The molecule has 1 fully saturated rings. The normalized spacial score (nSPS) is 19.2. The Kier molecular flexibility index (Phi) is 2.12. The molecule has 2 rings (SSSR count). The fraction of sp³-hybridized carbons (Fsp3) is 0.400. The smallest absolute Gasteiger partial charge is 0.0196 e. The van der Waals surface area contributed by atoms with Crippen molar-refractivity contribution >= 4 is 22.6 Å². The van der Waals surface area contributed by atoms with E-state index >= 15 is 0 Å². The van der Waals surface area contributed by atoms with Crippen LogP contribution in [0.4, 0.5) is 0 Å². The van der Waals surface area contributed by atoms with Gasteiger partial charge in [0.05, 0.1) is 0 Å². The Morgan fingerprint density at radius 1 is 1.42 bits per heavy atom. The van der Waals surface area contributed by atoms with Crippen molar-refractivity contribution in [1.29, 1.82) is 0 Å². The molecule has 2 N–H and O–H groups in total. The summed E-state index contributed by atoms with van der Waals surface area (Å²) in [4.78, 5) is 0. The van der Waals surface area contributed by atoms with E-state index in [2.05, 4.69) is 46.9 Å². The molecule has 0 radical (unpaired) electrons. The molecule has 2 heteroatoms. The Bertz CT molecular complexity index is 292. The summed E-state index contributed by atoms with van der Waals surface area (Å²) >= 11 is 2.34. The van der Waals surface area contributed by atoms with Crippen molar-refractivity contribution in [2.75, 3.05) is 0 Å². The van der Waals surface area contributed by atoms with E-state index in [4.69, 9.17) is 5.73 Å². The average molecular weight is 273 g/mol. The third-order valence-corrected chi connectivity index (χ3v) is 3.01. The summed E-state index contributed by atoms with van der Waals surface area (Å²) in [5.74, 6) is 0. The van der Waals surface area contributed by atoms with Crippen LogP contribution in [0.5, 0.6) is 0 Å². The molecule has 1 nitrogen and oxygen atoms in total. The van der Waals surface area contributed by atoms with Gasteiger partial charge in [0, 0.05) is 9.11 Å². The summed E-state index contributed by atoms with van der Waals surface area (Å²) in [6.45, 7) is 0. The van der Waals surface area contributed by atoms with Gasteiger partial charge in [-0.05, 0) is 59.5 Å². The molecular formula is C10H12IN. The minimum atomic E-state index is 0.143. The van der Waals surface area contributed by atoms with Crippen LogP contribution in [0.15, 0.2) is 24.3 Å². The quantitative estimate of drug-likeness (QED) is 0.822. The van der Waals surface area contributed by atoms with Crippen LogP contribution in [-0.4, -0.2) is 5.54 Å². The van der Waals surface area contributed by atoms with Gasteiger partial charge in [0.25, 0.3) is 0 Å². The molecule has 12 heavy (non-hydrogen) atoms. The molecule has 0 aromatic heterocycles. The molecule has 1 aliphatic rings. The second-order valence-corrected chi connectivity index (χ2v) is 4.91. The van der Waals surface area contributed by atoms with Crippen LogP contribution in [0.25, 0.3) is 0 Å². The molecule has 0 unspecified atom stereocenters. The minimum Gasteiger partial charge on any atom is -0.325 e. The van der Waals surface area contributed by atoms with Gasteiger partial charge >= 0.3 is 0 Å². The maximum atomic E-state index is 6.03. The fourth-order valence-electron chi connectivity index (χ4n) is 1.39. The Labute approximate surface area is 86.5 Å². The van der Waals surface area contributed by atoms with Crippen molar-refractivity contribution in [1.82, 2.24) is 0 Å². The van der Waals surface area contributed by atoms with E-state index in [0.29, 0.717) is 0 Å². The zero-order valence-corrected chi connectivity index (χ0v) is 9.04. The first-order valence-corrected chi connectivity index (χ1v) is 5.29. The summed E-state index contributed by atoms with van der Waals surface area (Å²) in [6.07, 6.45) is 3.43. The fourth-order valence-corrected chi connectivity index (χ4v) is 2.00. The van der Waals surface area contributed by atoms with Crippen LogP contribution in [0.3, 0.4) is 0 Å². The average Bonchev–Trinajstić information content (AvgIpc) is 2.67. The van der Waals surface area contributed by atoms with Crippen molar-refractivity contribution in [3.63, 3.8) is 0 Å². The molecule has 1 aliphatic carbocycles. The van der Waals surface area contributed by atoms with Gasteiger partial charge < -0.3 is 5.73 Å². The number of hydrogen-bond donors (Lipinski definition) is 1. The monoisotopic (exact) mass is 273 g/mol. The summed E-state index contributed by atoms with van der Waals surface area (Å²) in [6, 6.07) is 8.59. The van der Waals surface area contributed by atoms with Crippen molar-refractivity contribution in [3.8, 4) is 0 Å². The van der Waals surface area contributed by atoms with Gasteiger partial charge in [0.1, 0.15) is 0 Å². The number of halogens is 1. The molecule has 1 aromatic rings. The van der Waals surface area contributed by atoms with E-state index in [9.17, 15) is 0 Å². The molecule has 64 valence electrons. The van der Waals surface area contributed by atoms with Gasteiger partial charge in [-0.25, -0.2) is 0 Å². The molecule has 1 aromatic carbocycles. The van der Waals surface area contributed by atoms with Gasteiger partial charge in [0.15, 0.2) is 0 Å². The first-order chi connectivity index (χ1) is 5.68. The van der Waals surface area contributed by atoms with E-state index in [0.717, 1.165) is 6.42 Å². The molecule has 0 bridgehead atoms. The lowest BCUT2D eigenvalue weighted by molar-refractivity contribution is 0.672. The summed E-state index contributed by atoms with van der Waals surface area (Å²) in [5, 5.41) is 0. The Morgan fingerprint density at radius 2 is 2.17 bits per heavy atom. The summed E-state index contributed by atoms with van der Waals surface area (Å²) in [5.41, 5.74) is 7.55. The molecule has 0 amide bonds. The molecule has 0 atom stereocenters. The number of rotatable bonds is 2. The number of benzene rings is 1. The third kappa shape index (κ3) is 1.98. The summed E-state index contributed by atoms with van der Waals surface area (Å²) < 4.78 is 1.30. The molecule has 0 saturated heterocycles. The largest absolute Gasteiger partial charge is 0.325 e. The highest BCUT2D eigenvalue weighted by atomic mass is 127. The van der Waals surface area contributed by atoms with Gasteiger partial charge in [0.2, 0.25) is 0 Å². The molecular weight excluding hydrogens is 261 g/mol. The minimum absolute atomic E-state index is 0.143. The lowest BCUT2D eigenvalue weighted by Crippen LogP contribution is -2.24. The van der Waals surface area contributed by atoms with Crippen LogP contribution < -0.4 is 5.73 Å². The Morgan fingerprint density at radius 3 is 2.75 bits per heavy atom. The Balaban J connectivity index is 2.12. The van der Waals surface area contributed by atoms with Crippen LogP contribution in [-0.2, 0) is 6.42 Å². The van der Waals surface area contributed by atoms with E-state index in [1.165, 1.54) is 22.0 Å². The molecule has 0 heterocycles. The van der Waals surface area contributed by atoms with Crippen molar-refractivity contribution in [2.45, 2.75) is 24.8 Å². The summed E-state index contributed by atoms with van der Waals surface area (Å²) in [7, 11) is 0. The lowest BCUT2D eigenvalue weighted by atomic mass is 10.1. The molecule has 0 aliphatic heterocycles. The number of nitrogens with two attached hydrogens (primary N) is 1. The van der Waals surface area contributed by atoms with E-state index < -0.39 is 0 Å². The first kappa shape index (κ1) is 8.51. The van der Waals surface area contributed by atoms with E-state index in [-0.39, 0.29) is 5.54 Å². The van der Waals surface area contributed by atoms with E-state index in [1.807, 2.05) is 0 Å². The highest BCUT2D eigenvalue weighted by Crippen LogP contribution is 2.35. The zero-order chi connectivity index (χ0) is 8.60. The highest BCUT2D eigenvalue weighted by Gasteiger charge is 2.37. The van der Waals surface area contributed by atoms with Crippen LogP contribution in [0.2, 0.25) is 0 Å². The standard InChI is InChI=1S/C10H12IN/c11-9-3-1-2-8(6-9)7-10(12)4-5-10/h1-3,6H,4-5,7,12H2. The van der Waals surface area contributed by atoms with Gasteiger partial charge in [-0.3, -0.25) is 0 Å². The molecule has 1 saturated carbocycles. The van der Waals surface area contributed by atoms with E-state index in [1.54, 1.807) is 0 Å². The topological polar surface area (TPSA) is 26.0 Å². The van der Waals surface area contributed by atoms with Gasteiger partial charge in [-0.1, -0.05) is 12.1 Å². The predicted octanol–water partition coefficient (Wildman–Crippen LogP) is 2.33. The van der Waals surface area contributed by atoms with Gasteiger partial charge in [-0.2, -0.15) is 0 Å². The second-order valence-electron chi connectivity index (χ2n) is 3.67. The maximum Gasteiger partial charge on any atom is 0.0196 e. The van der Waals surface area contributed by atoms with Crippen molar-refractivity contribution in [3.05, 3.63) is 33.4 Å². The maximum absolute atomic E-state index is 6.03. The first-order valence-electron chi connectivity index (χ1n) is 4.21. The van der Waals surface area contributed by atoms with Crippen molar-refractivity contribution < 1.29 is 0 Å². The van der Waals surface area contributed by atoms with Crippen molar-refractivity contribution in [2.24, 2.45) is 5.73 Å². The van der Waals surface area contributed by atoms with Crippen LogP contribution in [0.1, 0.15) is 18.4 Å². The van der Waals surface area contributed by atoms with Crippen LogP contribution >= 0.6 is 22.6 Å².